The van der Waals surface area contributed by atoms with Gasteiger partial charge in [0.2, 0.25) is 0 Å². The zero-order chi connectivity index (χ0) is 13.1. The van der Waals surface area contributed by atoms with Gasteiger partial charge in [-0.05, 0) is 18.1 Å². The van der Waals surface area contributed by atoms with Crippen molar-refractivity contribution in [3.05, 3.63) is 46.7 Å². The molecule has 1 aromatic carbocycles. The maximum Gasteiger partial charge on any atom is 0.260 e. The van der Waals surface area contributed by atoms with Gasteiger partial charge in [0.25, 0.3) is 5.91 Å². The molecule has 1 N–H and O–H groups in total. The molecule has 0 bridgehead atoms. The van der Waals surface area contributed by atoms with E-state index in [1.54, 1.807) is 18.3 Å². The maximum atomic E-state index is 13.4. The largest absolute Gasteiger partial charge is 0.298 e. The van der Waals surface area contributed by atoms with Crippen molar-refractivity contribution in [2.45, 2.75) is 19.8 Å². The molecule has 0 aliphatic rings. The van der Waals surface area contributed by atoms with Gasteiger partial charge in [0.15, 0.2) is 5.13 Å². The first-order chi connectivity index (χ1) is 8.58. The first kappa shape index (κ1) is 12.7. The van der Waals surface area contributed by atoms with Gasteiger partial charge in [-0.2, -0.15) is 0 Å². The summed E-state index contributed by atoms with van der Waals surface area (Å²) in [6.45, 7) is 4.10. The molecule has 2 rings (SSSR count). The summed E-state index contributed by atoms with van der Waals surface area (Å²) in [7, 11) is 0. The topological polar surface area (TPSA) is 42.0 Å². The normalized spacial score (nSPS) is 10.7. The quantitative estimate of drug-likeness (QED) is 0.919. The molecule has 18 heavy (non-hydrogen) atoms. The van der Waals surface area contributed by atoms with Crippen molar-refractivity contribution in [3.63, 3.8) is 0 Å². The highest BCUT2D eigenvalue weighted by atomic mass is 32.1. The van der Waals surface area contributed by atoms with Crippen molar-refractivity contribution in [1.29, 1.82) is 0 Å². The van der Waals surface area contributed by atoms with Crippen LogP contribution in [0.25, 0.3) is 0 Å². The second-order valence-electron chi connectivity index (χ2n) is 4.16. The van der Waals surface area contributed by atoms with Gasteiger partial charge >= 0.3 is 0 Å². The average molecular weight is 264 g/mol. The molecule has 94 valence electrons. The van der Waals surface area contributed by atoms with Gasteiger partial charge in [-0.1, -0.05) is 26.0 Å². The van der Waals surface area contributed by atoms with Crippen LogP contribution in [0.2, 0.25) is 0 Å². The summed E-state index contributed by atoms with van der Waals surface area (Å²) in [5, 5.41) is 3.10. The SMILES string of the molecule is CC(C)c1cnc(NC(=O)c2ccccc2F)s1. The van der Waals surface area contributed by atoms with E-state index in [1.165, 1.54) is 23.5 Å². The number of carbonyl (C=O) groups excluding carboxylic acids is 1. The Kier molecular flexibility index (Phi) is 3.72. The molecule has 0 aliphatic heterocycles. The average Bonchev–Trinajstić information content (AvgIpc) is 2.78. The number of hydrogen-bond acceptors (Lipinski definition) is 3. The molecule has 0 spiro atoms. The van der Waals surface area contributed by atoms with Gasteiger partial charge < -0.3 is 0 Å². The number of rotatable bonds is 3. The van der Waals surface area contributed by atoms with Crippen LogP contribution >= 0.6 is 11.3 Å². The molecule has 1 amide bonds. The highest BCUT2D eigenvalue weighted by Crippen LogP contribution is 2.25. The minimum Gasteiger partial charge on any atom is -0.298 e. The van der Waals surface area contributed by atoms with Crippen molar-refractivity contribution >= 4 is 22.4 Å². The van der Waals surface area contributed by atoms with E-state index in [2.05, 4.69) is 24.1 Å². The Morgan fingerprint density at radius 1 is 1.39 bits per heavy atom. The second kappa shape index (κ2) is 5.27. The van der Waals surface area contributed by atoms with Gasteiger partial charge in [0.05, 0.1) is 5.56 Å². The minimum atomic E-state index is -0.532. The molecular formula is C13H13FN2OS. The predicted molar refractivity (Wildman–Crippen MR) is 70.6 cm³/mol. The summed E-state index contributed by atoms with van der Waals surface area (Å²) < 4.78 is 13.4. The number of nitrogens with zero attached hydrogens (tertiary/aromatic N) is 1. The lowest BCUT2D eigenvalue weighted by Crippen LogP contribution is -2.13. The lowest BCUT2D eigenvalue weighted by molar-refractivity contribution is 0.102. The molecule has 0 unspecified atom stereocenters. The van der Waals surface area contributed by atoms with Gasteiger partial charge in [0.1, 0.15) is 5.82 Å². The lowest BCUT2D eigenvalue weighted by Gasteiger charge is -2.02. The zero-order valence-electron chi connectivity index (χ0n) is 10.1. The molecule has 0 saturated carbocycles. The van der Waals surface area contributed by atoms with Crippen LogP contribution in [0.4, 0.5) is 9.52 Å². The molecule has 0 radical (unpaired) electrons. The summed E-state index contributed by atoms with van der Waals surface area (Å²) in [6.07, 6.45) is 1.73. The van der Waals surface area contributed by atoms with E-state index >= 15 is 0 Å². The van der Waals surface area contributed by atoms with E-state index in [4.69, 9.17) is 0 Å². The Hall–Kier alpha value is -1.75. The fourth-order valence-electron chi connectivity index (χ4n) is 1.42. The van der Waals surface area contributed by atoms with Gasteiger partial charge in [-0.3, -0.25) is 10.1 Å². The molecule has 1 heterocycles. The van der Waals surface area contributed by atoms with Crippen LogP contribution in [0.15, 0.2) is 30.5 Å². The number of nitrogens with one attached hydrogen (secondary N) is 1. The first-order valence-electron chi connectivity index (χ1n) is 5.59. The molecule has 0 atom stereocenters. The molecule has 1 aromatic heterocycles. The number of thiazole rings is 1. The molecule has 0 aliphatic carbocycles. The third-order valence-corrected chi connectivity index (χ3v) is 3.64. The van der Waals surface area contributed by atoms with Crippen LogP contribution in [0.5, 0.6) is 0 Å². The van der Waals surface area contributed by atoms with E-state index < -0.39 is 11.7 Å². The summed E-state index contributed by atoms with van der Waals surface area (Å²) in [5.41, 5.74) is 0.0267. The molecule has 5 heteroatoms. The Balaban J connectivity index is 2.14. The van der Waals surface area contributed by atoms with Crippen LogP contribution in [0.1, 0.15) is 35.0 Å². The monoisotopic (exact) mass is 264 g/mol. The molecular weight excluding hydrogens is 251 g/mol. The van der Waals surface area contributed by atoms with Crippen LogP contribution < -0.4 is 5.32 Å². The highest BCUT2D eigenvalue weighted by Gasteiger charge is 2.13. The summed E-state index contributed by atoms with van der Waals surface area (Å²) >= 11 is 1.40. The van der Waals surface area contributed by atoms with E-state index in [0.29, 0.717) is 11.0 Å². The van der Waals surface area contributed by atoms with E-state index in [0.717, 1.165) is 4.88 Å². The number of aromatic nitrogens is 1. The molecule has 3 nitrogen and oxygen atoms in total. The summed E-state index contributed by atoms with van der Waals surface area (Å²) in [4.78, 5) is 17.0. The van der Waals surface area contributed by atoms with Gasteiger partial charge in [-0.15, -0.1) is 11.3 Å². The van der Waals surface area contributed by atoms with Crippen LogP contribution in [0.3, 0.4) is 0 Å². The third kappa shape index (κ3) is 2.73. The first-order valence-corrected chi connectivity index (χ1v) is 6.41. The fourth-order valence-corrected chi connectivity index (χ4v) is 2.23. The lowest BCUT2D eigenvalue weighted by atomic mass is 10.2. The maximum absolute atomic E-state index is 13.4. The van der Waals surface area contributed by atoms with Gasteiger partial charge in [-0.25, -0.2) is 9.37 Å². The highest BCUT2D eigenvalue weighted by molar-refractivity contribution is 7.15. The zero-order valence-corrected chi connectivity index (χ0v) is 10.9. The van der Waals surface area contributed by atoms with Crippen LogP contribution in [-0.2, 0) is 0 Å². The van der Waals surface area contributed by atoms with Gasteiger partial charge in [0, 0.05) is 11.1 Å². The number of carbonyl (C=O) groups is 1. The predicted octanol–water partition coefficient (Wildman–Crippen LogP) is 3.66. The summed E-state index contributed by atoms with van der Waals surface area (Å²) in [6, 6.07) is 5.88. The number of halogens is 1. The fraction of sp³-hybridized carbons (Fsp3) is 0.231. The third-order valence-electron chi connectivity index (χ3n) is 2.43. The molecule has 0 fully saturated rings. The van der Waals surface area contributed by atoms with Crippen molar-refractivity contribution in [1.82, 2.24) is 4.98 Å². The van der Waals surface area contributed by atoms with Crippen LogP contribution in [-0.4, -0.2) is 10.9 Å². The van der Waals surface area contributed by atoms with E-state index in [1.807, 2.05) is 0 Å². The molecule has 2 aromatic rings. The molecule has 0 saturated heterocycles. The number of benzene rings is 1. The Bertz CT molecular complexity index is 566. The van der Waals surface area contributed by atoms with E-state index in [9.17, 15) is 9.18 Å². The van der Waals surface area contributed by atoms with Crippen molar-refractivity contribution < 1.29 is 9.18 Å². The smallest absolute Gasteiger partial charge is 0.260 e. The number of hydrogen-bond donors (Lipinski definition) is 1. The van der Waals surface area contributed by atoms with Crippen LogP contribution in [0, 0.1) is 5.82 Å². The van der Waals surface area contributed by atoms with E-state index in [-0.39, 0.29) is 5.56 Å². The second-order valence-corrected chi connectivity index (χ2v) is 5.22. The Labute approximate surface area is 109 Å². The number of amides is 1. The Morgan fingerprint density at radius 2 is 2.11 bits per heavy atom. The minimum absolute atomic E-state index is 0.0267. The number of anilines is 1. The Morgan fingerprint density at radius 3 is 2.72 bits per heavy atom. The van der Waals surface area contributed by atoms with Crippen molar-refractivity contribution in [3.8, 4) is 0 Å². The van der Waals surface area contributed by atoms with Crippen molar-refractivity contribution in [2.75, 3.05) is 5.32 Å². The van der Waals surface area contributed by atoms with Crippen molar-refractivity contribution in [2.24, 2.45) is 0 Å². The standard InChI is InChI=1S/C13H13FN2OS/c1-8(2)11-7-15-13(18-11)16-12(17)9-5-3-4-6-10(9)14/h3-8H,1-2H3,(H,15,16,17). The summed E-state index contributed by atoms with van der Waals surface area (Å²) in [5.74, 6) is -0.644.